The van der Waals surface area contributed by atoms with Gasteiger partial charge >= 0.3 is 6.09 Å². The van der Waals surface area contributed by atoms with Gasteiger partial charge in [0.2, 0.25) is 0 Å². The zero-order valence-electron chi connectivity index (χ0n) is 10.8. The van der Waals surface area contributed by atoms with E-state index in [9.17, 15) is 4.79 Å². The summed E-state index contributed by atoms with van der Waals surface area (Å²) in [6.07, 6.45) is -0.276. The first-order valence-electron chi connectivity index (χ1n) is 6.14. The standard InChI is InChI=1S/C13H17N3O2S/c1-18-13(17)16-9-7-15(8-10-16)12(19)14-11-5-3-2-4-6-11/h2-6H,7-10H2,1H3,(H,14,19). The van der Waals surface area contributed by atoms with Gasteiger partial charge in [-0.2, -0.15) is 0 Å². The second-order valence-corrected chi connectivity index (χ2v) is 4.63. The van der Waals surface area contributed by atoms with Crippen LogP contribution < -0.4 is 5.32 Å². The lowest BCUT2D eigenvalue weighted by molar-refractivity contribution is 0.106. The Morgan fingerprint density at radius 1 is 1.16 bits per heavy atom. The molecule has 1 aromatic carbocycles. The highest BCUT2D eigenvalue weighted by Crippen LogP contribution is 2.09. The molecule has 0 aromatic heterocycles. The number of para-hydroxylation sites is 1. The first kappa shape index (κ1) is 13.6. The Bertz CT molecular complexity index is 444. The van der Waals surface area contributed by atoms with E-state index in [2.05, 4.69) is 10.2 Å². The van der Waals surface area contributed by atoms with Crippen LogP contribution in [0.5, 0.6) is 0 Å². The molecule has 2 rings (SSSR count). The van der Waals surface area contributed by atoms with Gasteiger partial charge in [-0.15, -0.1) is 0 Å². The number of anilines is 1. The summed E-state index contributed by atoms with van der Waals surface area (Å²) in [6, 6.07) is 9.82. The number of rotatable bonds is 1. The number of nitrogens with one attached hydrogen (secondary N) is 1. The zero-order chi connectivity index (χ0) is 13.7. The Morgan fingerprint density at radius 3 is 2.32 bits per heavy atom. The summed E-state index contributed by atoms with van der Waals surface area (Å²) < 4.78 is 4.70. The number of methoxy groups -OCH3 is 1. The molecule has 0 atom stereocenters. The van der Waals surface area contributed by atoms with Crippen molar-refractivity contribution in [1.82, 2.24) is 9.80 Å². The van der Waals surface area contributed by atoms with Crippen molar-refractivity contribution in [2.45, 2.75) is 0 Å². The van der Waals surface area contributed by atoms with E-state index in [-0.39, 0.29) is 6.09 Å². The average Bonchev–Trinajstić information content (AvgIpc) is 2.47. The predicted octanol–water partition coefficient (Wildman–Crippen LogP) is 1.77. The van der Waals surface area contributed by atoms with Crippen LogP contribution in [-0.4, -0.2) is 54.3 Å². The van der Waals surface area contributed by atoms with Gasteiger partial charge in [0.15, 0.2) is 5.11 Å². The van der Waals surface area contributed by atoms with Crippen molar-refractivity contribution in [2.75, 3.05) is 38.6 Å². The van der Waals surface area contributed by atoms with Gasteiger partial charge in [0, 0.05) is 31.9 Å². The van der Waals surface area contributed by atoms with Crippen LogP contribution in [0.2, 0.25) is 0 Å². The minimum Gasteiger partial charge on any atom is -0.453 e. The Balaban J connectivity index is 1.84. The molecule has 0 bridgehead atoms. The molecule has 1 fully saturated rings. The number of carbonyl (C=O) groups is 1. The minimum absolute atomic E-state index is 0.276. The van der Waals surface area contributed by atoms with Crippen LogP contribution in [0, 0.1) is 0 Å². The van der Waals surface area contributed by atoms with Crippen molar-refractivity contribution < 1.29 is 9.53 Å². The Hall–Kier alpha value is -1.82. The summed E-state index contributed by atoms with van der Waals surface area (Å²) in [4.78, 5) is 15.1. The lowest BCUT2D eigenvalue weighted by Gasteiger charge is -2.35. The normalized spacial score (nSPS) is 15.0. The minimum atomic E-state index is -0.276. The molecule has 0 unspecified atom stereocenters. The number of benzene rings is 1. The van der Waals surface area contributed by atoms with Crippen molar-refractivity contribution >= 4 is 29.1 Å². The first-order valence-corrected chi connectivity index (χ1v) is 6.55. The number of hydrogen-bond donors (Lipinski definition) is 1. The van der Waals surface area contributed by atoms with Gasteiger partial charge in [-0.1, -0.05) is 18.2 Å². The number of amides is 1. The van der Waals surface area contributed by atoms with Crippen LogP contribution in [0.3, 0.4) is 0 Å². The smallest absolute Gasteiger partial charge is 0.409 e. The maximum Gasteiger partial charge on any atom is 0.409 e. The molecule has 1 N–H and O–H groups in total. The number of hydrogen-bond acceptors (Lipinski definition) is 3. The fourth-order valence-corrected chi connectivity index (χ4v) is 2.25. The highest BCUT2D eigenvalue weighted by atomic mass is 32.1. The van der Waals surface area contributed by atoms with Crippen molar-refractivity contribution in [1.29, 1.82) is 0 Å². The molecule has 5 nitrogen and oxygen atoms in total. The van der Waals surface area contributed by atoms with Gasteiger partial charge in [0.05, 0.1) is 7.11 Å². The SMILES string of the molecule is COC(=O)N1CCN(C(=S)Nc2ccccc2)CC1. The molecule has 6 heteroatoms. The van der Waals surface area contributed by atoms with Gasteiger partial charge in [0.1, 0.15) is 0 Å². The van der Waals surface area contributed by atoms with Crippen molar-refractivity contribution in [3.05, 3.63) is 30.3 Å². The van der Waals surface area contributed by atoms with E-state index in [1.165, 1.54) is 7.11 Å². The first-order chi connectivity index (χ1) is 9.20. The molecule has 0 radical (unpaired) electrons. The fourth-order valence-electron chi connectivity index (χ4n) is 1.95. The van der Waals surface area contributed by atoms with Gasteiger partial charge in [-0.25, -0.2) is 4.79 Å². The van der Waals surface area contributed by atoms with Gasteiger partial charge < -0.3 is 19.9 Å². The molecule has 1 heterocycles. The van der Waals surface area contributed by atoms with Crippen LogP contribution in [0.1, 0.15) is 0 Å². The average molecular weight is 279 g/mol. The summed E-state index contributed by atoms with van der Waals surface area (Å²) in [5, 5.41) is 3.88. The highest BCUT2D eigenvalue weighted by Gasteiger charge is 2.22. The van der Waals surface area contributed by atoms with E-state index in [1.54, 1.807) is 4.90 Å². The number of piperazine rings is 1. The Labute approximate surface area is 118 Å². The van der Waals surface area contributed by atoms with E-state index < -0.39 is 0 Å². The third kappa shape index (κ3) is 3.57. The number of carbonyl (C=O) groups excluding carboxylic acids is 1. The quantitative estimate of drug-likeness (QED) is 0.794. The molecule has 1 aliphatic heterocycles. The maximum atomic E-state index is 11.4. The third-order valence-electron chi connectivity index (χ3n) is 3.02. The van der Waals surface area contributed by atoms with E-state index >= 15 is 0 Å². The maximum absolute atomic E-state index is 11.4. The van der Waals surface area contributed by atoms with Crippen LogP contribution in [-0.2, 0) is 4.74 Å². The number of nitrogens with zero attached hydrogens (tertiary/aromatic N) is 2. The summed E-state index contributed by atoms with van der Waals surface area (Å²) in [6.45, 7) is 2.69. The summed E-state index contributed by atoms with van der Waals surface area (Å²) in [5.41, 5.74) is 0.975. The molecule has 102 valence electrons. The molecule has 19 heavy (non-hydrogen) atoms. The third-order valence-corrected chi connectivity index (χ3v) is 3.39. The second-order valence-electron chi connectivity index (χ2n) is 4.24. The van der Waals surface area contributed by atoms with Gasteiger partial charge in [-0.3, -0.25) is 0 Å². The lowest BCUT2D eigenvalue weighted by Crippen LogP contribution is -2.51. The van der Waals surface area contributed by atoms with Crippen molar-refractivity contribution in [3.63, 3.8) is 0 Å². The fraction of sp³-hybridized carbons (Fsp3) is 0.385. The number of ether oxygens (including phenoxy) is 1. The summed E-state index contributed by atoms with van der Waals surface area (Å²) in [7, 11) is 1.40. The van der Waals surface area contributed by atoms with E-state index in [0.29, 0.717) is 31.3 Å². The summed E-state index contributed by atoms with van der Waals surface area (Å²) in [5.74, 6) is 0. The lowest BCUT2D eigenvalue weighted by atomic mass is 10.3. The van der Waals surface area contributed by atoms with E-state index in [0.717, 1.165) is 5.69 Å². The Kier molecular flexibility index (Phi) is 4.57. The predicted molar refractivity (Wildman–Crippen MR) is 78.2 cm³/mol. The molecule has 0 spiro atoms. The zero-order valence-corrected chi connectivity index (χ0v) is 11.7. The molecular weight excluding hydrogens is 262 g/mol. The van der Waals surface area contributed by atoms with Crippen LogP contribution in [0.4, 0.5) is 10.5 Å². The van der Waals surface area contributed by atoms with Crippen molar-refractivity contribution in [2.24, 2.45) is 0 Å². The number of thiocarbonyl (C=S) groups is 1. The molecular formula is C13H17N3O2S. The van der Waals surface area contributed by atoms with Crippen LogP contribution in [0.15, 0.2) is 30.3 Å². The van der Waals surface area contributed by atoms with E-state index in [1.807, 2.05) is 30.3 Å². The van der Waals surface area contributed by atoms with Crippen LogP contribution in [0.25, 0.3) is 0 Å². The topological polar surface area (TPSA) is 44.8 Å². The van der Waals surface area contributed by atoms with Crippen LogP contribution >= 0.6 is 12.2 Å². The largest absolute Gasteiger partial charge is 0.453 e. The summed E-state index contributed by atoms with van der Waals surface area (Å²) >= 11 is 5.37. The molecule has 1 aliphatic rings. The van der Waals surface area contributed by atoms with E-state index in [4.69, 9.17) is 17.0 Å². The second kappa shape index (κ2) is 6.38. The molecule has 0 saturated carbocycles. The van der Waals surface area contributed by atoms with Crippen molar-refractivity contribution in [3.8, 4) is 0 Å². The van der Waals surface area contributed by atoms with Gasteiger partial charge in [0.25, 0.3) is 0 Å². The molecule has 1 saturated heterocycles. The molecule has 1 amide bonds. The highest BCUT2D eigenvalue weighted by molar-refractivity contribution is 7.80. The molecule has 0 aliphatic carbocycles. The molecule has 1 aromatic rings. The Morgan fingerprint density at radius 2 is 1.74 bits per heavy atom. The van der Waals surface area contributed by atoms with Gasteiger partial charge in [-0.05, 0) is 24.4 Å². The monoisotopic (exact) mass is 279 g/mol.